The molecule has 0 fully saturated rings. The Morgan fingerprint density at radius 2 is 2.06 bits per heavy atom. The van der Waals surface area contributed by atoms with Gasteiger partial charge in [0, 0.05) is 12.7 Å². The van der Waals surface area contributed by atoms with Gasteiger partial charge in [0.15, 0.2) is 0 Å². The minimum atomic E-state index is -1.15. The first-order chi connectivity index (χ1) is 7.20. The third-order valence-electron chi connectivity index (χ3n) is 2.15. The predicted molar refractivity (Wildman–Crippen MR) is 62.9 cm³/mol. The molecular weight excluding hydrogens is 208 g/mol. The van der Waals surface area contributed by atoms with E-state index in [0.29, 0.717) is 5.70 Å². The first-order valence-electron chi connectivity index (χ1n) is 5.11. The van der Waals surface area contributed by atoms with Gasteiger partial charge in [0.25, 0.3) is 0 Å². The van der Waals surface area contributed by atoms with E-state index in [4.69, 9.17) is 4.74 Å². The van der Waals surface area contributed by atoms with E-state index in [-0.39, 0.29) is 6.61 Å². The molecule has 0 amide bonds. The van der Waals surface area contributed by atoms with E-state index in [1.54, 1.807) is 39.9 Å². The lowest BCUT2D eigenvalue weighted by atomic mass is 9.98. The molecule has 16 heavy (non-hydrogen) atoms. The molecule has 0 aliphatic carbocycles. The number of carbonyl (C=O) groups is 1. The first-order valence-corrected chi connectivity index (χ1v) is 5.11. The molecule has 0 aromatic rings. The first kappa shape index (κ1) is 14.9. The number of hydrogen-bond donors (Lipinski definition) is 2. The van der Waals surface area contributed by atoms with Gasteiger partial charge in [-0.2, -0.15) is 0 Å². The van der Waals surface area contributed by atoms with Crippen LogP contribution in [0.1, 0.15) is 13.8 Å². The Morgan fingerprint density at radius 1 is 1.56 bits per heavy atom. The zero-order valence-electron chi connectivity index (χ0n) is 10.7. The average Bonchev–Trinajstić information content (AvgIpc) is 2.11. The molecule has 0 saturated carbocycles. The quantitative estimate of drug-likeness (QED) is 0.627. The van der Waals surface area contributed by atoms with Crippen molar-refractivity contribution in [1.29, 1.82) is 0 Å². The fourth-order valence-corrected chi connectivity index (χ4v) is 1.44. The third-order valence-corrected chi connectivity index (χ3v) is 2.15. The normalized spacial score (nSPS) is 13.4. The van der Waals surface area contributed by atoms with Crippen LogP contribution >= 0.6 is 0 Å². The van der Waals surface area contributed by atoms with Crippen LogP contribution in [-0.4, -0.2) is 55.4 Å². The second-order valence-electron chi connectivity index (χ2n) is 4.48. The molecule has 0 heterocycles. The van der Waals surface area contributed by atoms with Gasteiger partial charge < -0.3 is 15.2 Å². The highest BCUT2D eigenvalue weighted by molar-refractivity contribution is 5.77. The van der Waals surface area contributed by atoms with Crippen LogP contribution in [0.4, 0.5) is 0 Å². The number of esters is 1. The van der Waals surface area contributed by atoms with Gasteiger partial charge in [0.05, 0.1) is 5.60 Å². The Morgan fingerprint density at radius 3 is 2.38 bits per heavy atom. The average molecular weight is 230 g/mol. The molecule has 94 valence electrons. The summed E-state index contributed by atoms with van der Waals surface area (Å²) in [6.45, 7) is 6.90. The number of carbonyl (C=O) groups excluding carboxylic acids is 1. The Bertz CT molecular complexity index is 256. The van der Waals surface area contributed by atoms with Crippen LogP contribution in [0.3, 0.4) is 0 Å². The number of aliphatic hydroxyl groups is 1. The number of likely N-dealkylation sites (N-methyl/N-ethyl adjacent to an activating group) is 2. The predicted octanol–water partition coefficient (Wildman–Crippen LogP) is -0.0362. The van der Waals surface area contributed by atoms with E-state index in [2.05, 4.69) is 11.9 Å². The summed E-state index contributed by atoms with van der Waals surface area (Å²) in [5.74, 6) is -0.464. The van der Waals surface area contributed by atoms with Crippen molar-refractivity contribution in [3.05, 3.63) is 12.3 Å². The summed E-state index contributed by atoms with van der Waals surface area (Å²) in [5.41, 5.74) is -0.539. The van der Waals surface area contributed by atoms with Crippen molar-refractivity contribution in [3.63, 3.8) is 0 Å². The van der Waals surface area contributed by atoms with E-state index in [1.807, 2.05) is 0 Å². The summed E-state index contributed by atoms with van der Waals surface area (Å²) in [5, 5.41) is 12.6. The fourth-order valence-electron chi connectivity index (χ4n) is 1.44. The molecule has 0 radical (unpaired) electrons. The maximum atomic E-state index is 11.8. The molecule has 0 rings (SSSR count). The maximum absolute atomic E-state index is 11.8. The highest BCUT2D eigenvalue weighted by Gasteiger charge is 2.36. The van der Waals surface area contributed by atoms with Gasteiger partial charge in [-0.05, 0) is 27.9 Å². The minimum Gasteiger partial charge on any atom is -0.458 e. The smallest absolute Gasteiger partial charge is 0.326 e. The van der Waals surface area contributed by atoms with Gasteiger partial charge in [-0.25, -0.2) is 0 Å². The second-order valence-corrected chi connectivity index (χ2v) is 4.48. The van der Waals surface area contributed by atoms with Gasteiger partial charge >= 0.3 is 5.97 Å². The Labute approximate surface area is 97.1 Å². The van der Waals surface area contributed by atoms with Gasteiger partial charge in [-0.1, -0.05) is 6.58 Å². The molecule has 0 aromatic carbocycles. The molecule has 2 N–H and O–H groups in total. The molecule has 0 aliphatic heterocycles. The van der Waals surface area contributed by atoms with Crippen molar-refractivity contribution < 1.29 is 14.6 Å². The van der Waals surface area contributed by atoms with Crippen LogP contribution < -0.4 is 5.32 Å². The topological polar surface area (TPSA) is 61.8 Å². The molecule has 0 spiro atoms. The van der Waals surface area contributed by atoms with Crippen molar-refractivity contribution in [2.24, 2.45) is 0 Å². The standard InChI is InChI=1S/C11H22N2O3/c1-8(12-4)7-16-10(14)9(13(5)6)11(2,3)15/h9,12,15H,1,7H2,2-6H3. The van der Waals surface area contributed by atoms with E-state index >= 15 is 0 Å². The van der Waals surface area contributed by atoms with Crippen LogP contribution in [-0.2, 0) is 9.53 Å². The van der Waals surface area contributed by atoms with Crippen molar-refractivity contribution in [3.8, 4) is 0 Å². The molecule has 0 aromatic heterocycles. The molecule has 0 bridgehead atoms. The lowest BCUT2D eigenvalue weighted by Gasteiger charge is -2.32. The van der Waals surface area contributed by atoms with Crippen LogP contribution in [0.2, 0.25) is 0 Å². The summed E-state index contributed by atoms with van der Waals surface area (Å²) in [7, 11) is 5.14. The molecular formula is C11H22N2O3. The number of nitrogens with one attached hydrogen (secondary N) is 1. The van der Waals surface area contributed by atoms with E-state index in [9.17, 15) is 9.90 Å². The summed E-state index contributed by atoms with van der Waals surface area (Å²) < 4.78 is 5.04. The maximum Gasteiger partial charge on any atom is 0.326 e. The molecule has 0 aliphatic rings. The van der Waals surface area contributed by atoms with Crippen molar-refractivity contribution in [2.45, 2.75) is 25.5 Å². The molecule has 5 nitrogen and oxygen atoms in total. The van der Waals surface area contributed by atoms with Gasteiger partial charge in [-0.15, -0.1) is 0 Å². The molecule has 0 saturated heterocycles. The molecule has 1 atom stereocenters. The fraction of sp³-hybridized carbons (Fsp3) is 0.727. The number of ether oxygens (including phenoxy) is 1. The number of rotatable bonds is 6. The number of nitrogens with zero attached hydrogens (tertiary/aromatic N) is 1. The van der Waals surface area contributed by atoms with Crippen LogP contribution in [0.5, 0.6) is 0 Å². The highest BCUT2D eigenvalue weighted by atomic mass is 16.5. The zero-order valence-corrected chi connectivity index (χ0v) is 10.7. The van der Waals surface area contributed by atoms with Crippen molar-refractivity contribution >= 4 is 5.97 Å². The third kappa shape index (κ3) is 4.63. The van der Waals surface area contributed by atoms with Crippen LogP contribution in [0, 0.1) is 0 Å². The van der Waals surface area contributed by atoms with Gasteiger partial charge in [0.2, 0.25) is 0 Å². The monoisotopic (exact) mass is 230 g/mol. The lowest BCUT2D eigenvalue weighted by molar-refractivity contribution is -0.156. The summed E-state index contributed by atoms with van der Waals surface area (Å²) in [6.07, 6.45) is 0. The van der Waals surface area contributed by atoms with Crippen molar-refractivity contribution in [2.75, 3.05) is 27.7 Å². The van der Waals surface area contributed by atoms with E-state index in [0.717, 1.165) is 0 Å². The van der Waals surface area contributed by atoms with Crippen LogP contribution in [0.15, 0.2) is 12.3 Å². The Kier molecular flexibility index (Phi) is 5.47. The summed E-state index contributed by atoms with van der Waals surface area (Å²) >= 11 is 0. The number of hydrogen-bond acceptors (Lipinski definition) is 5. The van der Waals surface area contributed by atoms with Crippen molar-refractivity contribution in [1.82, 2.24) is 10.2 Å². The van der Waals surface area contributed by atoms with Crippen LogP contribution in [0.25, 0.3) is 0 Å². The zero-order chi connectivity index (χ0) is 12.9. The van der Waals surface area contributed by atoms with E-state index < -0.39 is 17.6 Å². The largest absolute Gasteiger partial charge is 0.458 e. The Balaban J connectivity index is 4.48. The molecule has 5 heteroatoms. The van der Waals surface area contributed by atoms with Gasteiger partial charge in [0.1, 0.15) is 12.6 Å². The summed E-state index contributed by atoms with van der Waals surface area (Å²) in [6, 6.07) is -0.697. The second kappa shape index (κ2) is 5.86. The summed E-state index contributed by atoms with van der Waals surface area (Å²) in [4.78, 5) is 13.4. The minimum absolute atomic E-state index is 0.107. The Hall–Kier alpha value is -1.07. The molecule has 1 unspecified atom stereocenters. The van der Waals surface area contributed by atoms with E-state index in [1.165, 1.54) is 0 Å². The van der Waals surface area contributed by atoms with Gasteiger partial charge in [-0.3, -0.25) is 9.69 Å². The highest BCUT2D eigenvalue weighted by Crippen LogP contribution is 2.14. The lowest BCUT2D eigenvalue weighted by Crippen LogP contribution is -2.52. The SMILES string of the molecule is C=C(COC(=O)C(N(C)C)C(C)(C)O)NC.